The van der Waals surface area contributed by atoms with Crippen LogP contribution in [0.5, 0.6) is 0 Å². The number of nitrogens with one attached hydrogen (secondary N) is 1. The van der Waals surface area contributed by atoms with Gasteiger partial charge < -0.3 is 33.9 Å². The first-order chi connectivity index (χ1) is 20.9. The Morgan fingerprint density at radius 2 is 1.51 bits per heavy atom. The minimum Gasteiger partial charge on any atom is -0.381 e. The molecule has 13 heteroatoms. The first kappa shape index (κ1) is 37.4. The number of anilines is 1. The van der Waals surface area contributed by atoms with E-state index in [1.807, 2.05) is 6.92 Å². The molecule has 0 aliphatic carbocycles. The largest absolute Gasteiger partial charge is 0.381 e. The van der Waals surface area contributed by atoms with Gasteiger partial charge in [-0.05, 0) is 19.8 Å². The molecular formula is C30H56N5O7P. The molecule has 0 saturated heterocycles. The summed E-state index contributed by atoms with van der Waals surface area (Å²) < 4.78 is 36.2. The van der Waals surface area contributed by atoms with Gasteiger partial charge in [0, 0.05) is 19.8 Å². The number of rotatable bonds is 28. The highest BCUT2D eigenvalue weighted by Gasteiger charge is 2.23. The Kier molecular flexibility index (Phi) is 19.7. The smallest absolute Gasteiger partial charge is 0.353 e. The van der Waals surface area contributed by atoms with E-state index in [1.165, 1.54) is 89.8 Å². The number of unbranched alkanes of at least 4 members (excludes halogenated alkanes) is 13. The van der Waals surface area contributed by atoms with E-state index in [-0.39, 0.29) is 31.2 Å². The van der Waals surface area contributed by atoms with Gasteiger partial charge in [0.1, 0.15) is 6.35 Å². The lowest BCUT2D eigenvalue weighted by Crippen LogP contribution is -2.26. The normalized spacial score (nSPS) is 13.9. The first-order valence-electron chi connectivity index (χ1n) is 16.3. The summed E-state index contributed by atoms with van der Waals surface area (Å²) in [6.07, 6.45) is 19.4. The van der Waals surface area contributed by atoms with E-state index >= 15 is 0 Å². The van der Waals surface area contributed by atoms with E-state index in [0.29, 0.717) is 31.9 Å². The number of aromatic amines is 1. The fourth-order valence-corrected chi connectivity index (χ4v) is 5.72. The van der Waals surface area contributed by atoms with Crippen molar-refractivity contribution in [1.82, 2.24) is 19.5 Å². The molecule has 43 heavy (non-hydrogen) atoms. The van der Waals surface area contributed by atoms with Crippen molar-refractivity contribution in [3.05, 3.63) is 16.7 Å². The predicted octanol–water partition coefficient (Wildman–Crippen LogP) is 6.17. The highest BCUT2D eigenvalue weighted by Crippen LogP contribution is 2.42. The lowest BCUT2D eigenvalue weighted by molar-refractivity contribution is -0.00983. The van der Waals surface area contributed by atoms with Crippen molar-refractivity contribution < 1.29 is 28.2 Å². The van der Waals surface area contributed by atoms with Gasteiger partial charge in [-0.1, -0.05) is 90.4 Å². The minimum atomic E-state index is -3.97. The van der Waals surface area contributed by atoms with E-state index in [0.717, 1.165) is 6.42 Å². The van der Waals surface area contributed by atoms with Crippen molar-refractivity contribution in [2.75, 3.05) is 45.1 Å². The molecule has 1 unspecified atom stereocenters. The molecule has 0 amide bonds. The number of aromatic nitrogens is 4. The quantitative estimate of drug-likeness (QED) is 0.0732. The molecule has 0 bridgehead atoms. The van der Waals surface area contributed by atoms with Crippen LogP contribution in [0.3, 0.4) is 0 Å². The standard InChI is InChI=1S/C30H56N5O7P/c1-3-5-6-7-8-9-10-11-12-13-14-15-16-17-19-40-20-18-21-42-43(37,38)25-41-26(23-39-4-2)22-35-24-32-27-28(35)33-30(31)34-29(27)36/h24,26H,3-23,25H2,1-2H3,(H,37,38)(H3,31,33,34,36)/t26-/m0/s1. The average Bonchev–Trinajstić information content (AvgIpc) is 3.38. The molecule has 2 heterocycles. The Hall–Kier alpha value is -1.82. The molecule has 2 aromatic rings. The van der Waals surface area contributed by atoms with Crippen molar-refractivity contribution in [3.63, 3.8) is 0 Å². The van der Waals surface area contributed by atoms with Gasteiger partial charge in [-0.25, -0.2) is 4.98 Å². The molecule has 2 atom stereocenters. The number of H-pyrrole nitrogens is 1. The SMILES string of the molecule is CCCCCCCCCCCCCCCCOCCCOP(=O)(O)CO[C@H](COCC)Cn1cnc2c(=O)[nH]c(N)nc21. The number of ether oxygens (including phenoxy) is 3. The molecule has 12 nitrogen and oxygen atoms in total. The van der Waals surface area contributed by atoms with Crippen LogP contribution >= 0.6 is 7.60 Å². The van der Waals surface area contributed by atoms with Gasteiger partial charge in [-0.2, -0.15) is 4.98 Å². The molecule has 0 saturated carbocycles. The Morgan fingerprint density at radius 1 is 0.907 bits per heavy atom. The minimum absolute atomic E-state index is 0.0293. The highest BCUT2D eigenvalue weighted by atomic mass is 31.2. The Labute approximate surface area is 257 Å². The first-order valence-corrected chi connectivity index (χ1v) is 18.1. The van der Waals surface area contributed by atoms with Crippen LogP contribution in [-0.2, 0) is 29.8 Å². The number of hydrogen-bond acceptors (Lipinski definition) is 9. The monoisotopic (exact) mass is 629 g/mol. The third-order valence-corrected chi connectivity index (χ3v) is 8.30. The maximum absolute atomic E-state index is 12.5. The van der Waals surface area contributed by atoms with Gasteiger partial charge in [0.05, 0.1) is 32.2 Å². The molecule has 0 aliphatic heterocycles. The summed E-state index contributed by atoms with van der Waals surface area (Å²) in [7, 11) is -3.97. The number of nitrogen functional groups attached to an aromatic ring is 1. The fourth-order valence-electron chi connectivity index (χ4n) is 4.83. The lowest BCUT2D eigenvalue weighted by atomic mass is 10.0. The van der Waals surface area contributed by atoms with Crippen molar-refractivity contribution in [1.29, 1.82) is 0 Å². The van der Waals surface area contributed by atoms with E-state index in [2.05, 4.69) is 21.9 Å². The summed E-state index contributed by atoms with van der Waals surface area (Å²) in [5, 5.41) is 0. The second-order valence-corrected chi connectivity index (χ2v) is 12.9. The van der Waals surface area contributed by atoms with Gasteiger partial charge in [0.15, 0.2) is 11.2 Å². The number of nitrogens with two attached hydrogens (primary N) is 1. The predicted molar refractivity (Wildman–Crippen MR) is 170 cm³/mol. The average molecular weight is 630 g/mol. The number of imidazole rings is 1. The van der Waals surface area contributed by atoms with E-state index in [4.69, 9.17) is 24.5 Å². The van der Waals surface area contributed by atoms with Crippen molar-refractivity contribution in [2.24, 2.45) is 0 Å². The second-order valence-electron chi connectivity index (χ2n) is 11.1. The van der Waals surface area contributed by atoms with Crippen LogP contribution in [-0.4, -0.2) is 69.9 Å². The van der Waals surface area contributed by atoms with Gasteiger partial charge >= 0.3 is 7.60 Å². The van der Waals surface area contributed by atoms with E-state index < -0.39 is 25.6 Å². The topological polar surface area (TPSA) is 164 Å². The highest BCUT2D eigenvalue weighted by molar-refractivity contribution is 7.52. The zero-order valence-corrected chi connectivity index (χ0v) is 27.4. The Morgan fingerprint density at radius 3 is 2.14 bits per heavy atom. The summed E-state index contributed by atoms with van der Waals surface area (Å²) in [5.74, 6) is -0.0293. The van der Waals surface area contributed by atoms with Crippen molar-refractivity contribution in [2.45, 2.75) is 123 Å². The Bertz CT molecular complexity index is 1100. The number of nitrogens with zero attached hydrogens (tertiary/aromatic N) is 3. The number of hydrogen-bond donors (Lipinski definition) is 3. The van der Waals surface area contributed by atoms with Crippen LogP contribution < -0.4 is 11.3 Å². The summed E-state index contributed by atoms with van der Waals surface area (Å²) in [5.41, 5.74) is 5.66. The Balaban J connectivity index is 1.50. The molecule has 0 aliphatic rings. The van der Waals surface area contributed by atoms with Crippen molar-refractivity contribution in [3.8, 4) is 0 Å². The molecular weight excluding hydrogens is 573 g/mol. The zero-order valence-electron chi connectivity index (χ0n) is 26.5. The summed E-state index contributed by atoms with van der Waals surface area (Å²) in [6, 6.07) is 0. The summed E-state index contributed by atoms with van der Waals surface area (Å²) >= 11 is 0. The van der Waals surface area contributed by atoms with Crippen LogP contribution in [0.15, 0.2) is 11.1 Å². The molecule has 0 radical (unpaired) electrons. The summed E-state index contributed by atoms with van der Waals surface area (Å²) in [6.45, 7) is 6.20. The molecule has 2 aromatic heterocycles. The summed E-state index contributed by atoms with van der Waals surface area (Å²) in [4.78, 5) is 32.9. The molecule has 0 fully saturated rings. The van der Waals surface area contributed by atoms with Gasteiger partial charge in [-0.15, -0.1) is 0 Å². The van der Waals surface area contributed by atoms with Gasteiger partial charge in [-0.3, -0.25) is 14.3 Å². The molecule has 4 N–H and O–H groups in total. The maximum Gasteiger partial charge on any atom is 0.353 e. The number of fused-ring (bicyclic) bond motifs is 1. The van der Waals surface area contributed by atoms with Crippen LogP contribution in [0.2, 0.25) is 0 Å². The lowest BCUT2D eigenvalue weighted by Gasteiger charge is -2.20. The second kappa shape index (κ2) is 22.7. The van der Waals surface area contributed by atoms with Gasteiger partial charge in [0.25, 0.3) is 5.56 Å². The van der Waals surface area contributed by atoms with Crippen LogP contribution in [0.4, 0.5) is 5.95 Å². The van der Waals surface area contributed by atoms with Crippen LogP contribution in [0.1, 0.15) is 110 Å². The molecule has 2 rings (SSSR count). The third-order valence-electron chi connectivity index (χ3n) is 7.24. The van der Waals surface area contributed by atoms with Gasteiger partial charge in [0.2, 0.25) is 5.95 Å². The van der Waals surface area contributed by atoms with Crippen molar-refractivity contribution >= 4 is 24.7 Å². The molecule has 0 aromatic carbocycles. The maximum atomic E-state index is 12.5. The third kappa shape index (κ3) is 16.7. The van der Waals surface area contributed by atoms with Crippen LogP contribution in [0, 0.1) is 0 Å². The molecule has 248 valence electrons. The fraction of sp³-hybridized carbons (Fsp3) is 0.833. The van der Waals surface area contributed by atoms with E-state index in [9.17, 15) is 14.3 Å². The molecule has 0 spiro atoms. The van der Waals surface area contributed by atoms with E-state index in [1.54, 1.807) is 4.57 Å². The van der Waals surface area contributed by atoms with Crippen LogP contribution in [0.25, 0.3) is 11.2 Å². The zero-order chi connectivity index (χ0) is 31.2.